The third-order valence-electron chi connectivity index (χ3n) is 2.47. The zero-order valence-corrected chi connectivity index (χ0v) is 11.0. The van der Waals surface area contributed by atoms with Crippen molar-refractivity contribution < 1.29 is 0 Å². The molecule has 0 atom stereocenters. The molecule has 13 heavy (non-hydrogen) atoms. The Morgan fingerprint density at radius 2 is 1.85 bits per heavy atom. The molecular formula is C11H18SSi. The Labute approximate surface area is 87.9 Å². The summed E-state index contributed by atoms with van der Waals surface area (Å²) in [6, 6.07) is 0. The predicted molar refractivity (Wildman–Crippen MR) is 66.3 cm³/mol. The van der Waals surface area contributed by atoms with Crippen molar-refractivity contribution in [3.63, 3.8) is 0 Å². The third kappa shape index (κ3) is 4.46. The van der Waals surface area contributed by atoms with Gasteiger partial charge in [-0.25, -0.2) is 0 Å². The summed E-state index contributed by atoms with van der Waals surface area (Å²) in [6.45, 7) is 11.4. The number of rotatable bonds is 1. The van der Waals surface area contributed by atoms with Crippen molar-refractivity contribution in [2.75, 3.05) is 5.75 Å². The minimum absolute atomic E-state index is 0.344. The van der Waals surface area contributed by atoms with Gasteiger partial charge in [-0.1, -0.05) is 51.5 Å². The lowest BCUT2D eigenvalue weighted by molar-refractivity contribution is 0.731. The van der Waals surface area contributed by atoms with Gasteiger partial charge in [-0.2, -0.15) is 0 Å². The standard InChI is InChI=1S/C11H18SSi/c1-7-8-12-9-10-13(5,6)11(2,3)4/h1H,8H2,2-6H3. The highest BCUT2D eigenvalue weighted by molar-refractivity contribution is 8.04. The maximum Gasteiger partial charge on any atom is 0.138 e. The molecule has 0 aliphatic heterocycles. The fraction of sp³-hybridized carbons (Fsp3) is 0.636. The monoisotopic (exact) mass is 210 g/mol. The Morgan fingerprint density at radius 3 is 2.23 bits per heavy atom. The van der Waals surface area contributed by atoms with Crippen molar-refractivity contribution in [2.24, 2.45) is 0 Å². The summed E-state index contributed by atoms with van der Waals surface area (Å²) in [6.07, 6.45) is 5.14. The van der Waals surface area contributed by atoms with Crippen molar-refractivity contribution in [1.29, 1.82) is 0 Å². The normalized spacial score (nSPS) is 11.4. The van der Waals surface area contributed by atoms with Crippen LogP contribution < -0.4 is 0 Å². The Balaban J connectivity index is 4.32. The molecule has 0 heterocycles. The molecule has 0 aromatic rings. The van der Waals surface area contributed by atoms with Crippen LogP contribution in [0, 0.1) is 23.1 Å². The fourth-order valence-corrected chi connectivity index (χ4v) is 2.27. The van der Waals surface area contributed by atoms with Gasteiger partial charge in [0.15, 0.2) is 0 Å². The molecule has 0 amide bonds. The maximum atomic E-state index is 5.14. The van der Waals surface area contributed by atoms with Crippen LogP contribution >= 0.6 is 11.8 Å². The summed E-state index contributed by atoms with van der Waals surface area (Å²) < 4.78 is 0. The topological polar surface area (TPSA) is 0 Å². The molecule has 0 saturated heterocycles. The first-order valence-electron chi connectivity index (χ1n) is 4.39. The van der Waals surface area contributed by atoms with Crippen LogP contribution in [0.4, 0.5) is 0 Å². The number of thioether (sulfide) groups is 1. The fourth-order valence-electron chi connectivity index (χ4n) is 0.429. The molecule has 2 heteroatoms. The molecule has 0 fully saturated rings. The molecular weight excluding hydrogens is 192 g/mol. The van der Waals surface area contributed by atoms with Gasteiger partial charge in [-0.3, -0.25) is 0 Å². The molecule has 0 bridgehead atoms. The SMILES string of the molecule is C#CCSC#C[Si](C)(C)C(C)(C)C. The van der Waals surface area contributed by atoms with Gasteiger partial charge in [-0.15, -0.1) is 12.0 Å². The van der Waals surface area contributed by atoms with Gasteiger partial charge >= 0.3 is 0 Å². The van der Waals surface area contributed by atoms with E-state index in [9.17, 15) is 0 Å². The first-order chi connectivity index (χ1) is 5.81. The lowest BCUT2D eigenvalue weighted by Crippen LogP contribution is -2.35. The Hall–Kier alpha value is -0.313. The van der Waals surface area contributed by atoms with E-state index in [4.69, 9.17) is 6.42 Å². The minimum Gasteiger partial charge on any atom is -0.119 e. The van der Waals surface area contributed by atoms with E-state index < -0.39 is 8.07 Å². The summed E-state index contributed by atoms with van der Waals surface area (Å²) >= 11 is 1.53. The molecule has 0 rings (SSSR count). The van der Waals surface area contributed by atoms with Crippen LogP contribution in [0.5, 0.6) is 0 Å². The van der Waals surface area contributed by atoms with E-state index in [-0.39, 0.29) is 0 Å². The third-order valence-corrected chi connectivity index (χ3v) is 7.70. The summed E-state index contributed by atoms with van der Waals surface area (Å²) in [7, 11) is -1.41. The molecule has 0 saturated carbocycles. The van der Waals surface area contributed by atoms with Crippen LogP contribution in [-0.2, 0) is 0 Å². The first kappa shape index (κ1) is 12.7. The van der Waals surface area contributed by atoms with E-state index in [1.807, 2.05) is 0 Å². The average molecular weight is 210 g/mol. The highest BCUT2D eigenvalue weighted by Gasteiger charge is 2.33. The summed E-state index contributed by atoms with van der Waals surface area (Å²) in [5.41, 5.74) is 3.39. The number of hydrogen-bond donors (Lipinski definition) is 0. The van der Waals surface area contributed by atoms with E-state index in [0.717, 1.165) is 0 Å². The molecule has 0 aromatic heterocycles. The summed E-state index contributed by atoms with van der Waals surface area (Å²) in [5, 5.41) is 3.46. The molecule has 0 radical (unpaired) electrons. The second-order valence-electron chi connectivity index (χ2n) is 4.59. The van der Waals surface area contributed by atoms with E-state index >= 15 is 0 Å². The highest BCUT2D eigenvalue weighted by atomic mass is 32.2. The predicted octanol–water partition coefficient (Wildman–Crippen LogP) is 3.36. The van der Waals surface area contributed by atoms with Crippen LogP contribution in [0.15, 0.2) is 0 Å². The van der Waals surface area contributed by atoms with Crippen molar-refractivity contribution in [1.82, 2.24) is 0 Å². The molecule has 0 nitrogen and oxygen atoms in total. The minimum atomic E-state index is -1.41. The van der Waals surface area contributed by atoms with Gasteiger partial charge in [0.2, 0.25) is 0 Å². The van der Waals surface area contributed by atoms with Gasteiger partial charge in [0.25, 0.3) is 0 Å². The van der Waals surface area contributed by atoms with E-state index in [0.29, 0.717) is 10.8 Å². The Kier molecular flexibility index (Phi) is 4.68. The van der Waals surface area contributed by atoms with Crippen LogP contribution in [0.1, 0.15) is 20.8 Å². The Morgan fingerprint density at radius 1 is 1.31 bits per heavy atom. The molecule has 0 spiro atoms. The van der Waals surface area contributed by atoms with Gasteiger partial charge in [-0.05, 0) is 10.3 Å². The van der Waals surface area contributed by atoms with Crippen molar-refractivity contribution in [3.8, 4) is 23.1 Å². The van der Waals surface area contributed by atoms with Gasteiger partial charge in [0.1, 0.15) is 8.07 Å². The van der Waals surface area contributed by atoms with Crippen molar-refractivity contribution in [3.05, 3.63) is 0 Å². The van der Waals surface area contributed by atoms with Crippen molar-refractivity contribution in [2.45, 2.75) is 38.9 Å². The van der Waals surface area contributed by atoms with Gasteiger partial charge in [0.05, 0.1) is 5.75 Å². The molecule has 0 aliphatic carbocycles. The summed E-state index contributed by atoms with van der Waals surface area (Å²) in [5.74, 6) is 3.26. The van der Waals surface area contributed by atoms with Crippen LogP contribution in [0.25, 0.3) is 0 Å². The average Bonchev–Trinajstić information content (AvgIpc) is 1.96. The lowest BCUT2D eigenvalue weighted by Gasteiger charge is -2.31. The number of hydrogen-bond acceptors (Lipinski definition) is 1. The van der Waals surface area contributed by atoms with Crippen LogP contribution in [0.3, 0.4) is 0 Å². The molecule has 0 unspecified atom stereocenters. The smallest absolute Gasteiger partial charge is 0.119 e. The second kappa shape index (κ2) is 4.79. The van der Waals surface area contributed by atoms with Crippen LogP contribution in [0.2, 0.25) is 18.1 Å². The van der Waals surface area contributed by atoms with E-state index in [1.54, 1.807) is 0 Å². The molecule has 0 aromatic carbocycles. The molecule has 0 aliphatic rings. The van der Waals surface area contributed by atoms with E-state index in [1.165, 1.54) is 11.8 Å². The van der Waals surface area contributed by atoms with Crippen molar-refractivity contribution >= 4 is 19.8 Å². The maximum absolute atomic E-state index is 5.14. The lowest BCUT2D eigenvalue weighted by atomic mass is 10.2. The molecule has 72 valence electrons. The van der Waals surface area contributed by atoms with Crippen LogP contribution in [-0.4, -0.2) is 13.8 Å². The second-order valence-corrected chi connectivity index (χ2v) is 10.4. The first-order valence-corrected chi connectivity index (χ1v) is 8.37. The summed E-state index contributed by atoms with van der Waals surface area (Å²) in [4.78, 5) is 0. The number of terminal acetylenes is 1. The highest BCUT2D eigenvalue weighted by Crippen LogP contribution is 2.35. The zero-order chi connectivity index (χ0) is 10.5. The van der Waals surface area contributed by atoms with Gasteiger partial charge in [0, 0.05) is 0 Å². The van der Waals surface area contributed by atoms with Gasteiger partial charge < -0.3 is 0 Å². The van der Waals surface area contributed by atoms with E-state index in [2.05, 4.69) is 50.6 Å². The largest absolute Gasteiger partial charge is 0.138 e. The Bertz CT molecular complexity index is 255. The molecule has 0 N–H and O–H groups in total. The zero-order valence-electron chi connectivity index (χ0n) is 9.19. The quantitative estimate of drug-likeness (QED) is 0.363.